The number of rotatable bonds is 7. The van der Waals surface area contributed by atoms with Gasteiger partial charge in [0.1, 0.15) is 0 Å². The first-order valence-electron chi connectivity index (χ1n) is 4.95. The first kappa shape index (κ1) is 12.9. The summed E-state index contributed by atoms with van der Waals surface area (Å²) in [6.07, 6.45) is 6.70. The maximum Gasteiger partial charge on any atom is 0.237 e. The number of allylic oxidation sites excluding steroid dienone is 1. The third kappa shape index (κ3) is 6.43. The lowest BCUT2D eigenvalue weighted by atomic mass is 10.3. The van der Waals surface area contributed by atoms with Crippen molar-refractivity contribution in [1.29, 1.82) is 0 Å². The molecule has 0 rings (SSSR count). The van der Waals surface area contributed by atoms with Gasteiger partial charge in [0.25, 0.3) is 0 Å². The molecule has 14 heavy (non-hydrogen) atoms. The van der Waals surface area contributed by atoms with Gasteiger partial charge in [0.05, 0.1) is 6.04 Å². The van der Waals surface area contributed by atoms with E-state index in [1.54, 1.807) is 6.08 Å². The van der Waals surface area contributed by atoms with E-state index >= 15 is 0 Å². The Morgan fingerprint density at radius 1 is 1.57 bits per heavy atom. The van der Waals surface area contributed by atoms with E-state index < -0.39 is 0 Å². The minimum Gasteiger partial charge on any atom is -0.351 e. The normalized spacial score (nSPS) is 12.7. The Morgan fingerprint density at radius 2 is 2.29 bits per heavy atom. The van der Waals surface area contributed by atoms with Crippen LogP contribution in [0.25, 0.3) is 0 Å². The summed E-state index contributed by atoms with van der Waals surface area (Å²) in [7, 11) is 0. The van der Waals surface area contributed by atoms with Crippen molar-refractivity contribution < 1.29 is 4.79 Å². The molecule has 0 spiro atoms. The van der Waals surface area contributed by atoms with Gasteiger partial charge in [-0.3, -0.25) is 4.79 Å². The maximum atomic E-state index is 11.3. The molecule has 0 aliphatic carbocycles. The zero-order chi connectivity index (χ0) is 10.8. The maximum absolute atomic E-state index is 11.3. The second-order valence-corrected chi connectivity index (χ2v) is 3.07. The van der Waals surface area contributed by atoms with Crippen molar-refractivity contribution in [3.63, 3.8) is 0 Å². The summed E-state index contributed by atoms with van der Waals surface area (Å²) in [6.45, 7) is 8.73. The average Bonchev–Trinajstić information content (AvgIpc) is 2.20. The van der Waals surface area contributed by atoms with Crippen LogP contribution in [0, 0.1) is 0 Å². The molecule has 0 radical (unpaired) electrons. The molecule has 0 heterocycles. The summed E-state index contributed by atoms with van der Waals surface area (Å²) >= 11 is 0. The Hall–Kier alpha value is -1.09. The highest BCUT2D eigenvalue weighted by Gasteiger charge is 2.09. The van der Waals surface area contributed by atoms with Crippen molar-refractivity contribution in [2.24, 2.45) is 0 Å². The Morgan fingerprint density at radius 3 is 2.86 bits per heavy atom. The molecule has 0 bridgehead atoms. The van der Waals surface area contributed by atoms with Crippen molar-refractivity contribution in [3.05, 3.63) is 24.8 Å². The van der Waals surface area contributed by atoms with Crippen molar-refractivity contribution in [3.8, 4) is 0 Å². The molecular weight excluding hydrogens is 176 g/mol. The van der Waals surface area contributed by atoms with Crippen LogP contribution in [0.3, 0.4) is 0 Å². The Balaban J connectivity index is 3.56. The van der Waals surface area contributed by atoms with Gasteiger partial charge in [-0.2, -0.15) is 0 Å². The van der Waals surface area contributed by atoms with Crippen LogP contribution in [-0.4, -0.2) is 25.0 Å². The molecule has 0 aromatic rings. The van der Waals surface area contributed by atoms with E-state index in [0.717, 1.165) is 13.0 Å². The van der Waals surface area contributed by atoms with E-state index in [4.69, 9.17) is 0 Å². The van der Waals surface area contributed by atoms with Crippen LogP contribution in [0.2, 0.25) is 0 Å². The molecule has 80 valence electrons. The number of hydrogen-bond donors (Lipinski definition) is 2. The van der Waals surface area contributed by atoms with Crippen molar-refractivity contribution in [2.75, 3.05) is 13.1 Å². The monoisotopic (exact) mass is 196 g/mol. The van der Waals surface area contributed by atoms with Gasteiger partial charge in [-0.25, -0.2) is 0 Å². The van der Waals surface area contributed by atoms with Gasteiger partial charge < -0.3 is 10.6 Å². The van der Waals surface area contributed by atoms with Gasteiger partial charge in [0, 0.05) is 6.54 Å². The molecule has 1 unspecified atom stereocenters. The summed E-state index contributed by atoms with van der Waals surface area (Å²) in [6, 6.07) is -0.139. The molecular formula is C11H20N2O. The van der Waals surface area contributed by atoms with Crippen LogP contribution in [-0.2, 0) is 4.79 Å². The standard InChI is InChI=1S/C11H20N2O/c1-4-6-7-9-12-10(3)11(14)13-8-5-2/h4-6,10,12H,2,7-9H2,1,3H3,(H,13,14)/b6-4+. The SMILES string of the molecule is C=CCNC(=O)C(C)NCC/C=C/C. The summed E-state index contributed by atoms with van der Waals surface area (Å²) in [5, 5.41) is 5.86. The molecule has 0 aliphatic rings. The molecule has 0 aromatic heterocycles. The van der Waals surface area contributed by atoms with Crippen LogP contribution < -0.4 is 10.6 Å². The van der Waals surface area contributed by atoms with Gasteiger partial charge >= 0.3 is 0 Å². The minimum atomic E-state index is -0.139. The van der Waals surface area contributed by atoms with E-state index in [2.05, 4.69) is 23.3 Å². The van der Waals surface area contributed by atoms with Gasteiger partial charge in [-0.1, -0.05) is 18.2 Å². The largest absolute Gasteiger partial charge is 0.351 e. The summed E-state index contributed by atoms with van der Waals surface area (Å²) in [5.74, 6) is 0.0189. The summed E-state index contributed by atoms with van der Waals surface area (Å²) < 4.78 is 0. The number of amides is 1. The quantitative estimate of drug-likeness (QED) is 0.475. The Kier molecular flexibility index (Phi) is 7.84. The smallest absolute Gasteiger partial charge is 0.237 e. The lowest BCUT2D eigenvalue weighted by Gasteiger charge is -2.12. The molecule has 1 atom stereocenters. The van der Waals surface area contributed by atoms with Crippen LogP contribution in [0.1, 0.15) is 20.3 Å². The third-order valence-corrected chi connectivity index (χ3v) is 1.81. The fourth-order valence-electron chi connectivity index (χ4n) is 0.968. The lowest BCUT2D eigenvalue weighted by molar-refractivity contribution is -0.122. The average molecular weight is 196 g/mol. The fraction of sp³-hybridized carbons (Fsp3) is 0.545. The number of hydrogen-bond acceptors (Lipinski definition) is 2. The zero-order valence-corrected chi connectivity index (χ0v) is 9.05. The highest BCUT2D eigenvalue weighted by Crippen LogP contribution is 1.85. The van der Waals surface area contributed by atoms with Crippen molar-refractivity contribution >= 4 is 5.91 Å². The summed E-state index contributed by atoms with van der Waals surface area (Å²) in [4.78, 5) is 11.3. The number of nitrogens with one attached hydrogen (secondary N) is 2. The van der Waals surface area contributed by atoms with E-state index in [9.17, 15) is 4.79 Å². The van der Waals surface area contributed by atoms with E-state index in [1.165, 1.54) is 0 Å². The summed E-state index contributed by atoms with van der Waals surface area (Å²) in [5.41, 5.74) is 0. The highest BCUT2D eigenvalue weighted by atomic mass is 16.2. The predicted octanol–water partition coefficient (Wildman–Crippen LogP) is 1.23. The topological polar surface area (TPSA) is 41.1 Å². The molecule has 1 amide bonds. The highest BCUT2D eigenvalue weighted by molar-refractivity contribution is 5.81. The Labute approximate surface area is 86.3 Å². The van der Waals surface area contributed by atoms with Crippen LogP contribution >= 0.6 is 0 Å². The van der Waals surface area contributed by atoms with Crippen LogP contribution in [0.5, 0.6) is 0 Å². The van der Waals surface area contributed by atoms with Crippen LogP contribution in [0.15, 0.2) is 24.8 Å². The molecule has 0 aliphatic heterocycles. The first-order chi connectivity index (χ1) is 6.72. The molecule has 0 fully saturated rings. The molecule has 3 nitrogen and oxygen atoms in total. The van der Waals surface area contributed by atoms with Gasteiger partial charge in [0.2, 0.25) is 5.91 Å². The van der Waals surface area contributed by atoms with Gasteiger partial charge in [-0.15, -0.1) is 6.58 Å². The van der Waals surface area contributed by atoms with E-state index in [1.807, 2.05) is 19.9 Å². The third-order valence-electron chi connectivity index (χ3n) is 1.81. The number of carbonyl (C=O) groups is 1. The van der Waals surface area contributed by atoms with Gasteiger partial charge in [0.15, 0.2) is 0 Å². The first-order valence-corrected chi connectivity index (χ1v) is 4.95. The zero-order valence-electron chi connectivity index (χ0n) is 9.05. The van der Waals surface area contributed by atoms with Crippen molar-refractivity contribution in [1.82, 2.24) is 10.6 Å². The molecule has 0 saturated heterocycles. The molecule has 0 aromatic carbocycles. The molecule has 2 N–H and O–H groups in total. The minimum absolute atomic E-state index is 0.0189. The lowest BCUT2D eigenvalue weighted by Crippen LogP contribution is -2.42. The second kappa shape index (κ2) is 8.51. The van der Waals surface area contributed by atoms with Crippen molar-refractivity contribution in [2.45, 2.75) is 26.3 Å². The van der Waals surface area contributed by atoms with Gasteiger partial charge in [-0.05, 0) is 26.8 Å². The van der Waals surface area contributed by atoms with E-state index in [-0.39, 0.29) is 11.9 Å². The molecule has 0 saturated carbocycles. The fourth-order valence-corrected chi connectivity index (χ4v) is 0.968. The second-order valence-electron chi connectivity index (χ2n) is 3.07. The molecule has 3 heteroatoms. The van der Waals surface area contributed by atoms with E-state index in [0.29, 0.717) is 6.54 Å². The number of carbonyl (C=O) groups excluding carboxylic acids is 1. The van der Waals surface area contributed by atoms with Crippen LogP contribution in [0.4, 0.5) is 0 Å². The predicted molar refractivity (Wildman–Crippen MR) is 60.1 cm³/mol. The Bertz CT molecular complexity index is 199.